The minimum absolute atomic E-state index is 0.0125. The van der Waals surface area contributed by atoms with Crippen LogP contribution < -0.4 is 5.32 Å². The molecule has 0 bridgehead atoms. The molecule has 25 heavy (non-hydrogen) atoms. The van der Waals surface area contributed by atoms with E-state index in [4.69, 9.17) is 0 Å². The van der Waals surface area contributed by atoms with Gasteiger partial charge in [-0.1, -0.05) is 30.3 Å². The minimum Gasteiger partial charge on any atom is -0.351 e. The summed E-state index contributed by atoms with van der Waals surface area (Å²) in [4.78, 5) is 16.7. The second kappa shape index (κ2) is 6.84. The van der Waals surface area contributed by atoms with Crippen molar-refractivity contribution in [2.24, 2.45) is 0 Å². The Morgan fingerprint density at radius 1 is 1.12 bits per heavy atom. The van der Waals surface area contributed by atoms with Crippen molar-refractivity contribution in [3.63, 3.8) is 0 Å². The van der Waals surface area contributed by atoms with Gasteiger partial charge in [0.15, 0.2) is 5.82 Å². The van der Waals surface area contributed by atoms with E-state index in [2.05, 4.69) is 25.1 Å². The normalized spacial score (nSPS) is 16.2. The van der Waals surface area contributed by atoms with E-state index in [-0.39, 0.29) is 11.8 Å². The number of aromatic nitrogens is 4. The number of hydrogen-bond acceptors (Lipinski definition) is 4. The topological polar surface area (TPSA) is 72.7 Å². The van der Waals surface area contributed by atoms with E-state index in [0.29, 0.717) is 6.54 Å². The Morgan fingerprint density at radius 2 is 1.92 bits per heavy atom. The van der Waals surface area contributed by atoms with Crippen LogP contribution in [0.3, 0.4) is 0 Å². The molecule has 1 aromatic carbocycles. The van der Waals surface area contributed by atoms with Gasteiger partial charge in [0.2, 0.25) is 5.91 Å². The van der Waals surface area contributed by atoms with E-state index in [1.165, 1.54) is 0 Å². The van der Waals surface area contributed by atoms with E-state index in [9.17, 15) is 4.79 Å². The van der Waals surface area contributed by atoms with Crippen LogP contribution in [0.15, 0.2) is 54.9 Å². The lowest BCUT2D eigenvalue weighted by Crippen LogP contribution is -2.32. The van der Waals surface area contributed by atoms with E-state index >= 15 is 0 Å². The van der Waals surface area contributed by atoms with Crippen LogP contribution in [-0.4, -0.2) is 25.7 Å². The van der Waals surface area contributed by atoms with E-state index in [1.54, 1.807) is 12.4 Å². The third-order valence-electron chi connectivity index (χ3n) is 4.53. The van der Waals surface area contributed by atoms with E-state index < -0.39 is 0 Å². The number of carbonyl (C=O) groups excluding carboxylic acids is 1. The molecule has 0 radical (unpaired) electrons. The summed E-state index contributed by atoms with van der Waals surface area (Å²) in [7, 11) is 0. The SMILES string of the molecule is O=C(NCc1ccccc1)C1CCCn2c(-c3ccncc3)nnc21. The summed E-state index contributed by atoms with van der Waals surface area (Å²) < 4.78 is 2.06. The Bertz CT molecular complexity index is 860. The minimum atomic E-state index is -0.249. The maximum atomic E-state index is 12.7. The number of nitrogens with zero attached hydrogens (tertiary/aromatic N) is 4. The van der Waals surface area contributed by atoms with Crippen molar-refractivity contribution in [1.29, 1.82) is 0 Å². The van der Waals surface area contributed by atoms with Crippen LogP contribution in [0.4, 0.5) is 0 Å². The zero-order valence-corrected chi connectivity index (χ0v) is 13.8. The largest absolute Gasteiger partial charge is 0.351 e. The fourth-order valence-electron chi connectivity index (χ4n) is 3.25. The Hall–Kier alpha value is -3.02. The van der Waals surface area contributed by atoms with Crippen LogP contribution >= 0.6 is 0 Å². The summed E-state index contributed by atoms with van der Waals surface area (Å²) in [6.07, 6.45) is 5.22. The molecule has 1 aliphatic rings. The smallest absolute Gasteiger partial charge is 0.231 e. The molecule has 1 N–H and O–H groups in total. The highest BCUT2D eigenvalue weighted by molar-refractivity contribution is 5.83. The monoisotopic (exact) mass is 333 g/mol. The summed E-state index contributed by atoms with van der Waals surface area (Å²) in [5.41, 5.74) is 2.06. The molecule has 6 heteroatoms. The molecular formula is C19H19N5O. The van der Waals surface area contributed by atoms with Gasteiger partial charge in [-0.2, -0.15) is 0 Å². The molecule has 1 unspecified atom stereocenters. The Balaban J connectivity index is 1.54. The van der Waals surface area contributed by atoms with Gasteiger partial charge in [-0.25, -0.2) is 0 Å². The molecule has 0 saturated carbocycles. The molecule has 1 amide bonds. The molecule has 126 valence electrons. The van der Waals surface area contributed by atoms with Crippen LogP contribution in [0.25, 0.3) is 11.4 Å². The number of nitrogens with one attached hydrogen (secondary N) is 1. The number of carbonyl (C=O) groups is 1. The zero-order valence-electron chi connectivity index (χ0n) is 13.8. The molecule has 2 aromatic heterocycles. The standard InChI is InChI=1S/C19H19N5O/c25-19(21-13-14-5-2-1-3-6-14)16-7-4-12-24-17(22-23-18(16)24)15-8-10-20-11-9-15/h1-3,5-6,8-11,16H,4,7,12-13H2,(H,21,25). The second-order valence-electron chi connectivity index (χ2n) is 6.17. The predicted octanol–water partition coefficient (Wildman–Crippen LogP) is 2.53. The second-order valence-corrected chi connectivity index (χ2v) is 6.17. The first-order valence-electron chi connectivity index (χ1n) is 8.48. The molecule has 4 rings (SSSR count). The number of hydrogen-bond donors (Lipinski definition) is 1. The maximum Gasteiger partial charge on any atom is 0.231 e. The van der Waals surface area contributed by atoms with Crippen molar-refractivity contribution < 1.29 is 4.79 Å². The first-order valence-corrected chi connectivity index (χ1v) is 8.48. The molecule has 0 saturated heterocycles. The summed E-state index contributed by atoms with van der Waals surface area (Å²) >= 11 is 0. The summed E-state index contributed by atoms with van der Waals surface area (Å²) in [5, 5.41) is 11.7. The van der Waals surface area contributed by atoms with Gasteiger partial charge >= 0.3 is 0 Å². The van der Waals surface area contributed by atoms with Gasteiger partial charge in [-0.3, -0.25) is 9.78 Å². The lowest BCUT2D eigenvalue weighted by Gasteiger charge is -2.23. The molecule has 3 aromatic rings. The molecule has 1 aliphatic heterocycles. The first kappa shape index (κ1) is 15.5. The zero-order chi connectivity index (χ0) is 17.1. The van der Waals surface area contributed by atoms with Gasteiger partial charge in [-0.15, -0.1) is 10.2 Å². The van der Waals surface area contributed by atoms with E-state index in [1.807, 2.05) is 42.5 Å². The fraction of sp³-hybridized carbons (Fsp3) is 0.263. The summed E-state index contributed by atoms with van der Waals surface area (Å²) in [6, 6.07) is 13.7. The number of pyridine rings is 1. The first-order chi connectivity index (χ1) is 12.3. The highest BCUT2D eigenvalue weighted by atomic mass is 16.1. The highest BCUT2D eigenvalue weighted by Crippen LogP contribution is 2.30. The Morgan fingerprint density at radius 3 is 2.72 bits per heavy atom. The number of rotatable bonds is 4. The van der Waals surface area contributed by atoms with Gasteiger partial charge in [0.1, 0.15) is 5.82 Å². The van der Waals surface area contributed by atoms with Crippen molar-refractivity contribution in [2.45, 2.75) is 31.8 Å². The third-order valence-corrected chi connectivity index (χ3v) is 4.53. The van der Waals surface area contributed by atoms with Crippen LogP contribution in [0.5, 0.6) is 0 Å². The third kappa shape index (κ3) is 3.15. The molecule has 0 spiro atoms. The average molecular weight is 333 g/mol. The predicted molar refractivity (Wildman–Crippen MR) is 93.5 cm³/mol. The lowest BCUT2D eigenvalue weighted by atomic mass is 9.97. The fourth-order valence-corrected chi connectivity index (χ4v) is 3.25. The Kier molecular flexibility index (Phi) is 4.24. The van der Waals surface area contributed by atoms with Crippen molar-refractivity contribution in [2.75, 3.05) is 0 Å². The summed E-state index contributed by atoms with van der Waals surface area (Å²) in [5.74, 6) is 1.32. The molecule has 6 nitrogen and oxygen atoms in total. The van der Waals surface area contributed by atoms with Gasteiger partial charge < -0.3 is 9.88 Å². The summed E-state index contributed by atoms with van der Waals surface area (Å²) in [6.45, 7) is 1.37. The maximum absolute atomic E-state index is 12.7. The van der Waals surface area contributed by atoms with Crippen molar-refractivity contribution >= 4 is 5.91 Å². The molecular weight excluding hydrogens is 314 g/mol. The molecule has 0 aliphatic carbocycles. The van der Waals surface area contributed by atoms with Crippen molar-refractivity contribution in [3.05, 3.63) is 66.2 Å². The molecule has 0 fully saturated rings. The Labute approximate surface area is 145 Å². The quantitative estimate of drug-likeness (QED) is 0.796. The van der Waals surface area contributed by atoms with Crippen LogP contribution in [0.1, 0.15) is 30.1 Å². The van der Waals surface area contributed by atoms with Gasteiger partial charge in [-0.05, 0) is 30.5 Å². The average Bonchev–Trinajstić information content (AvgIpc) is 3.12. The van der Waals surface area contributed by atoms with Crippen LogP contribution in [0, 0.1) is 0 Å². The molecule has 1 atom stereocenters. The van der Waals surface area contributed by atoms with E-state index in [0.717, 1.165) is 42.2 Å². The number of amides is 1. The number of benzene rings is 1. The van der Waals surface area contributed by atoms with Gasteiger partial charge in [0.25, 0.3) is 0 Å². The van der Waals surface area contributed by atoms with Crippen LogP contribution in [-0.2, 0) is 17.9 Å². The lowest BCUT2D eigenvalue weighted by molar-refractivity contribution is -0.123. The molecule has 3 heterocycles. The number of fused-ring (bicyclic) bond motifs is 1. The van der Waals surface area contributed by atoms with Crippen LogP contribution in [0.2, 0.25) is 0 Å². The van der Waals surface area contributed by atoms with Crippen molar-refractivity contribution in [3.8, 4) is 11.4 Å². The van der Waals surface area contributed by atoms with Crippen molar-refractivity contribution in [1.82, 2.24) is 25.1 Å². The van der Waals surface area contributed by atoms with Gasteiger partial charge in [0, 0.05) is 31.0 Å². The van der Waals surface area contributed by atoms with Gasteiger partial charge in [0.05, 0.1) is 5.92 Å². The highest BCUT2D eigenvalue weighted by Gasteiger charge is 2.30.